The van der Waals surface area contributed by atoms with E-state index in [2.05, 4.69) is 50.5 Å². The Balaban J connectivity index is 1.76. The first kappa shape index (κ1) is 23.1. The van der Waals surface area contributed by atoms with Gasteiger partial charge in [-0.15, -0.1) is 0 Å². The Morgan fingerprint density at radius 1 is 1.33 bits per heavy atom. The molecule has 0 aromatic rings. The molecule has 3 aliphatic carbocycles. The van der Waals surface area contributed by atoms with Crippen molar-refractivity contribution < 1.29 is 15.3 Å². The van der Waals surface area contributed by atoms with E-state index in [9.17, 15) is 15.3 Å². The molecule has 0 aromatic heterocycles. The van der Waals surface area contributed by atoms with Gasteiger partial charge in [-0.25, -0.2) is 0 Å². The standard InChI is InChI=1S/C27H38O3/c1-18(8-6-14-26(3,4)30)23-12-13-24-20(9-7-15-27(23,24)5)10-11-21-16-22(28)17-25(29)19(21)2/h10-12,18,22,24-25,28-30H,2,7-9,13,15-17H2,1,3-5H3/t18-,22+,24?,25-,27+/m0/s1. The van der Waals surface area contributed by atoms with Crippen LogP contribution in [0.2, 0.25) is 0 Å². The molecule has 5 atom stereocenters. The smallest absolute Gasteiger partial charge is 0.119 e. The van der Waals surface area contributed by atoms with Crippen molar-refractivity contribution in [2.24, 2.45) is 17.3 Å². The van der Waals surface area contributed by atoms with Crippen LogP contribution in [0.5, 0.6) is 0 Å². The van der Waals surface area contributed by atoms with Gasteiger partial charge in [0.1, 0.15) is 5.60 Å². The molecule has 3 nitrogen and oxygen atoms in total. The predicted octanol–water partition coefficient (Wildman–Crippen LogP) is 4.85. The second-order valence-electron chi connectivity index (χ2n) is 10.3. The highest BCUT2D eigenvalue weighted by Crippen LogP contribution is 2.56. The number of fused-ring (bicyclic) bond motifs is 1. The molecule has 2 fully saturated rings. The number of allylic oxidation sites excluding steroid dienone is 5. The van der Waals surface area contributed by atoms with Crippen molar-refractivity contribution in [2.75, 3.05) is 0 Å². The van der Waals surface area contributed by atoms with Crippen molar-refractivity contribution in [2.45, 2.75) is 90.4 Å². The monoisotopic (exact) mass is 410 g/mol. The summed E-state index contributed by atoms with van der Waals surface area (Å²) < 4.78 is 0. The third-order valence-electron chi connectivity index (χ3n) is 7.21. The Morgan fingerprint density at radius 2 is 2.07 bits per heavy atom. The molecule has 0 saturated heterocycles. The summed E-state index contributed by atoms with van der Waals surface area (Å²) in [5.74, 6) is 7.03. The molecule has 1 unspecified atom stereocenters. The fourth-order valence-corrected chi connectivity index (χ4v) is 5.61. The highest BCUT2D eigenvalue weighted by atomic mass is 16.3. The molecule has 3 N–H and O–H groups in total. The predicted molar refractivity (Wildman–Crippen MR) is 123 cm³/mol. The van der Waals surface area contributed by atoms with Gasteiger partial charge in [0.2, 0.25) is 0 Å². The minimum atomic E-state index is -0.936. The van der Waals surface area contributed by atoms with E-state index in [4.69, 9.17) is 0 Å². The Morgan fingerprint density at radius 3 is 2.77 bits per heavy atom. The quantitative estimate of drug-likeness (QED) is 0.460. The Kier molecular flexibility index (Phi) is 6.82. The number of aliphatic hydroxyl groups is 3. The van der Waals surface area contributed by atoms with Crippen LogP contribution in [-0.2, 0) is 0 Å². The largest absolute Gasteiger partial charge is 0.393 e. The van der Waals surface area contributed by atoms with Crippen LogP contribution in [0.3, 0.4) is 0 Å². The van der Waals surface area contributed by atoms with Gasteiger partial charge in [-0.1, -0.05) is 61.6 Å². The summed E-state index contributed by atoms with van der Waals surface area (Å²) in [6, 6.07) is 0. The van der Waals surface area contributed by atoms with E-state index < -0.39 is 17.8 Å². The summed E-state index contributed by atoms with van der Waals surface area (Å²) in [5, 5.41) is 30.0. The fourth-order valence-electron chi connectivity index (χ4n) is 5.61. The van der Waals surface area contributed by atoms with E-state index in [1.165, 1.54) is 24.0 Å². The molecule has 3 aliphatic rings. The van der Waals surface area contributed by atoms with E-state index in [1.54, 1.807) is 13.8 Å². The lowest BCUT2D eigenvalue weighted by atomic mass is 9.62. The first-order valence-corrected chi connectivity index (χ1v) is 11.4. The van der Waals surface area contributed by atoms with Crippen molar-refractivity contribution >= 4 is 0 Å². The van der Waals surface area contributed by atoms with Gasteiger partial charge in [-0.3, -0.25) is 0 Å². The minimum absolute atomic E-state index is 0.168. The van der Waals surface area contributed by atoms with Crippen LogP contribution < -0.4 is 0 Å². The Hall–Kier alpha value is -1.60. The second-order valence-corrected chi connectivity index (χ2v) is 10.3. The van der Waals surface area contributed by atoms with E-state index >= 15 is 0 Å². The van der Waals surface area contributed by atoms with Gasteiger partial charge < -0.3 is 15.3 Å². The van der Waals surface area contributed by atoms with E-state index in [0.717, 1.165) is 30.4 Å². The molecule has 0 bridgehead atoms. The highest BCUT2D eigenvalue weighted by molar-refractivity contribution is 5.40. The summed E-state index contributed by atoms with van der Waals surface area (Å²) in [4.78, 5) is 0. The van der Waals surface area contributed by atoms with Crippen LogP contribution in [0, 0.1) is 29.1 Å². The number of rotatable bonds is 3. The van der Waals surface area contributed by atoms with Gasteiger partial charge in [0, 0.05) is 12.8 Å². The van der Waals surface area contributed by atoms with E-state index in [-0.39, 0.29) is 5.41 Å². The Labute approximate surface area is 182 Å². The van der Waals surface area contributed by atoms with Crippen molar-refractivity contribution in [1.29, 1.82) is 0 Å². The van der Waals surface area contributed by atoms with Crippen LogP contribution in [0.4, 0.5) is 0 Å². The lowest BCUT2D eigenvalue weighted by Gasteiger charge is -2.42. The first-order valence-electron chi connectivity index (χ1n) is 11.4. The second kappa shape index (κ2) is 8.87. The molecule has 0 aromatic carbocycles. The van der Waals surface area contributed by atoms with E-state index in [0.29, 0.717) is 24.7 Å². The summed E-state index contributed by atoms with van der Waals surface area (Å²) >= 11 is 0. The normalized spacial score (nSPS) is 35.6. The number of hydrogen-bond donors (Lipinski definition) is 3. The van der Waals surface area contributed by atoms with E-state index in [1.807, 2.05) is 0 Å². The molecular weight excluding hydrogens is 372 g/mol. The highest BCUT2D eigenvalue weighted by Gasteiger charge is 2.45. The first-order chi connectivity index (χ1) is 14.0. The van der Waals surface area contributed by atoms with Crippen molar-refractivity contribution in [3.63, 3.8) is 0 Å². The average molecular weight is 411 g/mol. The number of aliphatic hydroxyl groups excluding tert-OH is 2. The zero-order valence-corrected chi connectivity index (χ0v) is 19.0. The van der Waals surface area contributed by atoms with Crippen LogP contribution >= 0.6 is 0 Å². The van der Waals surface area contributed by atoms with Gasteiger partial charge >= 0.3 is 0 Å². The summed E-state index contributed by atoms with van der Waals surface area (Å²) in [5.41, 5.74) is 3.95. The molecule has 0 aliphatic heterocycles. The van der Waals surface area contributed by atoms with Gasteiger partial charge in [-0.05, 0) is 74.3 Å². The third kappa shape index (κ3) is 4.99. The summed E-state index contributed by atoms with van der Waals surface area (Å²) in [6.45, 7) is 12.1. The molecule has 0 amide bonds. The van der Waals surface area contributed by atoms with Crippen LogP contribution in [0.15, 0.2) is 47.1 Å². The summed E-state index contributed by atoms with van der Waals surface area (Å²) in [7, 11) is 0. The summed E-state index contributed by atoms with van der Waals surface area (Å²) in [6.07, 6.45) is 11.9. The molecular formula is C27H38O3. The van der Waals surface area contributed by atoms with Gasteiger partial charge in [0.15, 0.2) is 0 Å². The van der Waals surface area contributed by atoms with Gasteiger partial charge in [-0.2, -0.15) is 0 Å². The van der Waals surface area contributed by atoms with Crippen LogP contribution in [0.25, 0.3) is 0 Å². The molecule has 0 spiro atoms. The number of hydrogen-bond acceptors (Lipinski definition) is 3. The minimum Gasteiger partial charge on any atom is -0.393 e. The molecule has 3 rings (SSSR count). The van der Waals surface area contributed by atoms with Crippen LogP contribution in [0.1, 0.15) is 72.6 Å². The van der Waals surface area contributed by atoms with Gasteiger partial charge in [0.25, 0.3) is 0 Å². The molecule has 30 heavy (non-hydrogen) atoms. The van der Waals surface area contributed by atoms with Crippen molar-refractivity contribution in [3.8, 4) is 11.8 Å². The average Bonchev–Trinajstić information content (AvgIpc) is 3.00. The third-order valence-corrected chi connectivity index (χ3v) is 7.21. The van der Waals surface area contributed by atoms with Crippen LogP contribution in [-0.4, -0.2) is 33.1 Å². The maximum atomic E-state index is 10.1. The lowest BCUT2D eigenvalue weighted by molar-refractivity contribution is 0.0862. The zero-order chi connectivity index (χ0) is 22.1. The lowest BCUT2D eigenvalue weighted by Crippen LogP contribution is -2.32. The SMILES string of the molecule is C=C1C(=CC=C2CCC[C@]3(C)C([C@@H](C)CC#CC(C)(C)O)=CCC23)C[C@@H](O)C[C@@H]1O. The van der Waals surface area contributed by atoms with Crippen molar-refractivity contribution in [3.05, 3.63) is 47.1 Å². The van der Waals surface area contributed by atoms with Crippen molar-refractivity contribution in [1.82, 2.24) is 0 Å². The molecule has 0 heterocycles. The topological polar surface area (TPSA) is 60.7 Å². The molecule has 2 saturated carbocycles. The molecule has 3 heteroatoms. The molecule has 0 radical (unpaired) electrons. The van der Waals surface area contributed by atoms with Gasteiger partial charge in [0.05, 0.1) is 12.2 Å². The molecule has 164 valence electrons. The Bertz CT molecular complexity index is 826. The maximum absolute atomic E-state index is 10.1. The zero-order valence-electron chi connectivity index (χ0n) is 19.0. The maximum Gasteiger partial charge on any atom is 0.119 e. The fraction of sp³-hybridized carbons (Fsp3) is 0.630.